The normalized spacial score (nSPS) is 15.6. The van der Waals surface area contributed by atoms with Crippen molar-refractivity contribution in [3.8, 4) is 17.5 Å². The molecular formula is C27H27ClN6O2. The summed E-state index contributed by atoms with van der Waals surface area (Å²) in [4.78, 5) is 34.7. The molecule has 0 bridgehead atoms. The van der Waals surface area contributed by atoms with Gasteiger partial charge in [-0.1, -0.05) is 47.9 Å². The second-order valence-corrected chi connectivity index (χ2v) is 9.35. The van der Waals surface area contributed by atoms with Crippen molar-refractivity contribution in [3.63, 3.8) is 0 Å². The molecule has 1 aliphatic rings. The zero-order valence-corrected chi connectivity index (χ0v) is 20.8. The van der Waals surface area contributed by atoms with Gasteiger partial charge in [0.25, 0.3) is 5.56 Å². The lowest BCUT2D eigenvalue weighted by molar-refractivity contribution is 0.496. The molecule has 9 heteroatoms. The Bertz CT molecular complexity index is 1580. The number of nitrogens with zero attached hydrogens (tertiary/aromatic N) is 5. The van der Waals surface area contributed by atoms with Crippen molar-refractivity contribution in [2.45, 2.75) is 38.9 Å². The molecule has 1 saturated heterocycles. The van der Waals surface area contributed by atoms with Crippen LogP contribution < -0.4 is 21.9 Å². The number of benzene rings is 2. The van der Waals surface area contributed by atoms with Crippen LogP contribution in [-0.4, -0.2) is 37.8 Å². The fraction of sp³-hybridized carbons (Fsp3) is 0.296. The highest BCUT2D eigenvalue weighted by atomic mass is 35.5. The van der Waals surface area contributed by atoms with E-state index in [4.69, 9.17) is 22.3 Å². The third kappa shape index (κ3) is 4.43. The summed E-state index contributed by atoms with van der Waals surface area (Å²) < 4.78 is 4.58. The first-order chi connectivity index (χ1) is 17.5. The van der Waals surface area contributed by atoms with E-state index >= 15 is 0 Å². The summed E-state index contributed by atoms with van der Waals surface area (Å²) in [5.74, 6) is 6.59. The van der Waals surface area contributed by atoms with E-state index in [9.17, 15) is 9.59 Å². The summed E-state index contributed by atoms with van der Waals surface area (Å²) in [5, 5.41) is 0.587. The lowest BCUT2D eigenvalue weighted by atomic mass is 10.1. The number of hydrogen-bond acceptors (Lipinski definition) is 5. The van der Waals surface area contributed by atoms with E-state index in [1.54, 1.807) is 19.1 Å². The Balaban J connectivity index is 1.81. The van der Waals surface area contributed by atoms with Gasteiger partial charge < -0.3 is 10.6 Å². The molecule has 3 heterocycles. The predicted molar refractivity (Wildman–Crippen MR) is 143 cm³/mol. The first-order valence-electron chi connectivity index (χ1n) is 11.9. The van der Waals surface area contributed by atoms with E-state index in [-0.39, 0.29) is 19.1 Å². The van der Waals surface area contributed by atoms with Gasteiger partial charge in [-0.15, -0.1) is 5.92 Å². The van der Waals surface area contributed by atoms with Crippen molar-refractivity contribution >= 4 is 28.7 Å². The lowest BCUT2D eigenvalue weighted by Gasteiger charge is -2.31. The molecule has 0 saturated carbocycles. The molecule has 0 radical (unpaired) electrons. The maximum Gasteiger partial charge on any atom is 0.337 e. The molecule has 5 rings (SSSR count). The monoisotopic (exact) mass is 502 g/mol. The topological polar surface area (TPSA) is 91.1 Å². The van der Waals surface area contributed by atoms with Gasteiger partial charge in [0.15, 0.2) is 11.2 Å². The van der Waals surface area contributed by atoms with Crippen LogP contribution >= 0.6 is 11.6 Å². The first kappa shape index (κ1) is 23.9. The van der Waals surface area contributed by atoms with Crippen LogP contribution in [0.4, 0.5) is 5.95 Å². The Kier molecular flexibility index (Phi) is 6.68. The summed E-state index contributed by atoms with van der Waals surface area (Å²) in [6, 6.07) is 16.4. The van der Waals surface area contributed by atoms with E-state index < -0.39 is 11.2 Å². The van der Waals surface area contributed by atoms with Gasteiger partial charge in [0.05, 0.1) is 18.8 Å². The number of aromatic nitrogens is 4. The Morgan fingerprint density at radius 3 is 2.53 bits per heavy atom. The SMILES string of the molecule is CC#CCn1c(N2CCCC(N)C2)nc2c1c(=O)n(Cc1ccc(Cl)cc1)c(=O)n2-c1ccccc1. The van der Waals surface area contributed by atoms with Gasteiger partial charge in [0, 0.05) is 24.2 Å². The van der Waals surface area contributed by atoms with Crippen molar-refractivity contribution in [2.24, 2.45) is 5.73 Å². The third-order valence-electron chi connectivity index (χ3n) is 6.43. The Labute approximate surface area is 213 Å². The van der Waals surface area contributed by atoms with Gasteiger partial charge >= 0.3 is 5.69 Å². The molecule has 0 aliphatic carbocycles. The van der Waals surface area contributed by atoms with Crippen LogP contribution in [0.5, 0.6) is 0 Å². The standard InChI is InChI=1S/C27H27ClN6O2/c1-2-3-16-32-23-24(30-26(32)31-15-7-8-21(29)18-31)34(22-9-5-4-6-10-22)27(36)33(25(23)35)17-19-11-13-20(28)14-12-19/h4-6,9-14,21H,7-8,15-18,29H2,1H3. The molecule has 2 aromatic carbocycles. The second kappa shape index (κ2) is 10.1. The molecule has 8 nitrogen and oxygen atoms in total. The predicted octanol–water partition coefficient (Wildman–Crippen LogP) is 3.00. The molecule has 1 fully saturated rings. The highest BCUT2D eigenvalue weighted by Gasteiger charge is 2.27. The van der Waals surface area contributed by atoms with Crippen molar-refractivity contribution in [1.82, 2.24) is 18.7 Å². The average molecular weight is 503 g/mol. The van der Waals surface area contributed by atoms with Gasteiger partial charge in [-0.05, 0) is 49.6 Å². The molecule has 184 valence electrons. The second-order valence-electron chi connectivity index (χ2n) is 8.92. The summed E-state index contributed by atoms with van der Waals surface area (Å²) in [5.41, 5.74) is 7.48. The van der Waals surface area contributed by atoms with Crippen LogP contribution in [0.2, 0.25) is 5.02 Å². The smallest absolute Gasteiger partial charge is 0.337 e. The molecular weight excluding hydrogens is 476 g/mol. The number of imidazole rings is 1. The number of anilines is 1. The van der Waals surface area contributed by atoms with E-state index in [0.29, 0.717) is 34.4 Å². The molecule has 2 N–H and O–H groups in total. The molecule has 1 atom stereocenters. The van der Waals surface area contributed by atoms with Crippen molar-refractivity contribution in [1.29, 1.82) is 0 Å². The van der Waals surface area contributed by atoms with E-state index in [1.165, 1.54) is 9.13 Å². The number of piperidine rings is 1. The summed E-state index contributed by atoms with van der Waals surface area (Å²) >= 11 is 6.04. The van der Waals surface area contributed by atoms with Crippen LogP contribution in [0.1, 0.15) is 25.3 Å². The summed E-state index contributed by atoms with van der Waals surface area (Å²) in [6.07, 6.45) is 1.87. The lowest BCUT2D eigenvalue weighted by Crippen LogP contribution is -2.44. The van der Waals surface area contributed by atoms with Crippen LogP contribution in [0.25, 0.3) is 16.9 Å². The van der Waals surface area contributed by atoms with E-state index in [0.717, 1.165) is 24.9 Å². The van der Waals surface area contributed by atoms with Crippen molar-refractivity contribution in [3.05, 3.63) is 86.0 Å². The number of hydrogen-bond donors (Lipinski definition) is 1. The molecule has 0 amide bonds. The molecule has 1 aliphatic heterocycles. The fourth-order valence-electron chi connectivity index (χ4n) is 4.68. The van der Waals surface area contributed by atoms with Gasteiger partial charge in [0.1, 0.15) is 0 Å². The number of halogens is 1. The zero-order valence-electron chi connectivity index (χ0n) is 20.0. The maximum atomic E-state index is 13.9. The fourth-order valence-corrected chi connectivity index (χ4v) is 4.81. The number of rotatable bonds is 5. The highest BCUT2D eigenvalue weighted by Crippen LogP contribution is 2.24. The van der Waals surface area contributed by atoms with Gasteiger partial charge in [0.2, 0.25) is 5.95 Å². The Morgan fingerprint density at radius 2 is 1.83 bits per heavy atom. The summed E-state index contributed by atoms with van der Waals surface area (Å²) in [6.45, 7) is 3.53. The molecule has 2 aromatic heterocycles. The van der Waals surface area contributed by atoms with Crippen LogP contribution in [0, 0.1) is 11.8 Å². The molecule has 1 unspecified atom stereocenters. The minimum Gasteiger partial charge on any atom is -0.341 e. The largest absolute Gasteiger partial charge is 0.341 e. The number of para-hydroxylation sites is 1. The van der Waals surface area contributed by atoms with Crippen LogP contribution in [0.15, 0.2) is 64.2 Å². The number of fused-ring (bicyclic) bond motifs is 1. The third-order valence-corrected chi connectivity index (χ3v) is 6.69. The van der Waals surface area contributed by atoms with E-state index in [1.807, 2.05) is 47.0 Å². The summed E-state index contributed by atoms with van der Waals surface area (Å²) in [7, 11) is 0. The molecule has 0 spiro atoms. The molecule has 36 heavy (non-hydrogen) atoms. The Hall–Kier alpha value is -3.80. The van der Waals surface area contributed by atoms with Gasteiger partial charge in [-0.3, -0.25) is 13.9 Å². The van der Waals surface area contributed by atoms with Crippen LogP contribution in [-0.2, 0) is 13.1 Å². The highest BCUT2D eigenvalue weighted by molar-refractivity contribution is 6.30. The Morgan fingerprint density at radius 1 is 1.08 bits per heavy atom. The van der Waals surface area contributed by atoms with Crippen molar-refractivity contribution < 1.29 is 0 Å². The van der Waals surface area contributed by atoms with Crippen LogP contribution in [0.3, 0.4) is 0 Å². The maximum absolute atomic E-state index is 13.9. The van der Waals surface area contributed by atoms with Gasteiger partial charge in [-0.25, -0.2) is 9.36 Å². The minimum absolute atomic E-state index is 0.0159. The first-order valence-corrected chi connectivity index (χ1v) is 12.3. The zero-order chi connectivity index (χ0) is 25.2. The average Bonchev–Trinajstić information content (AvgIpc) is 3.26. The number of nitrogens with two attached hydrogens (primary N) is 1. The van der Waals surface area contributed by atoms with Crippen molar-refractivity contribution in [2.75, 3.05) is 18.0 Å². The quantitative estimate of drug-likeness (QED) is 0.424. The van der Waals surface area contributed by atoms with Gasteiger partial charge in [-0.2, -0.15) is 4.98 Å². The van der Waals surface area contributed by atoms with E-state index in [2.05, 4.69) is 16.7 Å². The molecule has 4 aromatic rings. The minimum atomic E-state index is -0.457.